The Hall–Kier alpha value is -18.9. The third kappa shape index (κ3) is 24.5. The number of imidazole rings is 4. The number of halogens is 2. The number of urea groups is 4. The van der Waals surface area contributed by atoms with Crippen LogP contribution >= 0.6 is 0 Å². The molecule has 0 unspecified atom stereocenters. The first-order chi connectivity index (χ1) is 68.9. The quantitative estimate of drug-likeness (QED) is 0.0357. The first-order valence-electron chi connectivity index (χ1n) is 45.5. The summed E-state index contributed by atoms with van der Waals surface area (Å²) < 4.78 is 57.9. The number of pyridine rings is 5. The van der Waals surface area contributed by atoms with Crippen molar-refractivity contribution in [3.05, 3.63) is 319 Å². The second kappa shape index (κ2) is 40.9. The Kier molecular flexibility index (Phi) is 28.0. The molecular formula is C102H103F2N29O12. The van der Waals surface area contributed by atoms with Crippen LogP contribution in [0.15, 0.2) is 256 Å². The fourth-order valence-corrected chi connectivity index (χ4v) is 14.3. The fraction of sp³-hybridized carbons (Fsp3) is 0.206. The van der Waals surface area contributed by atoms with Gasteiger partial charge in [0.25, 0.3) is 0 Å². The van der Waals surface area contributed by atoms with E-state index in [4.69, 9.17) is 29.1 Å². The van der Waals surface area contributed by atoms with Crippen LogP contribution in [0.3, 0.4) is 0 Å². The number of amides is 8. The summed E-state index contributed by atoms with van der Waals surface area (Å²) in [6.07, 6.45) is 7.83. The van der Waals surface area contributed by atoms with Crippen LogP contribution in [0.25, 0.3) is 61.8 Å². The molecule has 41 nitrogen and oxygen atoms in total. The van der Waals surface area contributed by atoms with Crippen LogP contribution in [0.4, 0.5) is 74.0 Å². The van der Waals surface area contributed by atoms with Gasteiger partial charge in [0.1, 0.15) is 79.8 Å². The summed E-state index contributed by atoms with van der Waals surface area (Å²) in [6.45, 7) is 32.6. The number of aromatic nitrogens is 21. The number of aryl methyl sites for hydroxylation is 1. The number of fused-ring (bicyclic) bond motifs is 4. The van der Waals surface area contributed by atoms with Gasteiger partial charge in [-0.15, -0.1) is 0 Å². The van der Waals surface area contributed by atoms with Crippen LogP contribution in [-0.4, -0.2) is 128 Å². The Bertz CT molecular complexity index is 8200. The number of carbonyl (C=O) groups is 4. The number of H-pyrrole nitrogens is 8. The highest BCUT2D eigenvalue weighted by molar-refractivity contribution is 6.02. The van der Waals surface area contributed by atoms with Gasteiger partial charge in [0.2, 0.25) is 0 Å². The zero-order valence-electron chi connectivity index (χ0n) is 81.5. The van der Waals surface area contributed by atoms with Gasteiger partial charge >= 0.3 is 46.9 Å². The van der Waals surface area contributed by atoms with Crippen molar-refractivity contribution in [1.29, 1.82) is 0 Å². The molecule has 19 rings (SSSR count). The van der Waals surface area contributed by atoms with Gasteiger partial charge < -0.3 is 60.2 Å². The van der Waals surface area contributed by atoms with Crippen molar-refractivity contribution in [3.8, 4) is 63.2 Å². The Morgan fingerprint density at radius 3 is 0.945 bits per heavy atom. The van der Waals surface area contributed by atoms with E-state index in [0.717, 1.165) is 40.5 Å². The van der Waals surface area contributed by atoms with Gasteiger partial charge in [-0.25, -0.2) is 86.1 Å². The molecule has 742 valence electrons. The van der Waals surface area contributed by atoms with E-state index in [1.807, 2.05) is 114 Å². The van der Waals surface area contributed by atoms with Crippen molar-refractivity contribution < 1.29 is 46.9 Å². The van der Waals surface area contributed by atoms with Crippen molar-refractivity contribution in [1.82, 2.24) is 104 Å². The summed E-state index contributed by atoms with van der Waals surface area (Å²) in [4.78, 5) is 139. The minimum absolute atomic E-state index is 0.00677. The van der Waals surface area contributed by atoms with E-state index in [1.165, 1.54) is 16.9 Å². The molecule has 0 aliphatic rings. The number of benzene rings is 6. The average molecular weight is 1970 g/mol. The number of rotatable bonds is 19. The third-order valence-electron chi connectivity index (χ3n) is 21.7. The number of anilines is 8. The van der Waals surface area contributed by atoms with Gasteiger partial charge in [0, 0.05) is 130 Å². The molecule has 13 heterocycles. The van der Waals surface area contributed by atoms with Crippen LogP contribution in [0, 0.1) is 18.6 Å². The summed E-state index contributed by atoms with van der Waals surface area (Å²) >= 11 is 0. The number of hydrogen-bond acceptors (Lipinski definition) is 21. The van der Waals surface area contributed by atoms with E-state index in [-0.39, 0.29) is 56.4 Å². The zero-order valence-corrected chi connectivity index (χ0v) is 81.5. The van der Waals surface area contributed by atoms with Crippen molar-refractivity contribution in [3.63, 3.8) is 0 Å². The minimum Gasteiger partial charge on any atom is -0.455 e. The van der Waals surface area contributed by atoms with E-state index >= 15 is 0 Å². The summed E-state index contributed by atoms with van der Waals surface area (Å²) in [5.41, 5.74) is 8.14. The van der Waals surface area contributed by atoms with E-state index in [1.54, 1.807) is 162 Å². The molecule has 0 aliphatic heterocycles. The third-order valence-corrected chi connectivity index (χ3v) is 21.7. The van der Waals surface area contributed by atoms with Crippen molar-refractivity contribution in [2.45, 2.75) is 138 Å². The Morgan fingerprint density at radius 2 is 0.621 bits per heavy atom. The van der Waals surface area contributed by atoms with Crippen LogP contribution < -0.4 is 84.2 Å². The Morgan fingerprint density at radius 1 is 0.310 bits per heavy atom. The van der Waals surface area contributed by atoms with Gasteiger partial charge in [-0.2, -0.15) is 25.1 Å². The van der Waals surface area contributed by atoms with E-state index in [0.29, 0.717) is 142 Å². The second-order valence-corrected chi connectivity index (χ2v) is 38.4. The topological polar surface area (TPSA) is 532 Å². The van der Waals surface area contributed by atoms with Crippen LogP contribution in [0.1, 0.15) is 132 Å². The maximum atomic E-state index is 14.5. The number of carbonyl (C=O) groups excluding carboxylic acids is 4. The highest BCUT2D eigenvalue weighted by Crippen LogP contribution is 2.37. The van der Waals surface area contributed by atoms with Crippen LogP contribution in [0.5, 0.6) is 46.0 Å². The predicted molar refractivity (Wildman–Crippen MR) is 549 cm³/mol. The first kappa shape index (κ1) is 99.2. The zero-order chi connectivity index (χ0) is 103. The lowest BCUT2D eigenvalue weighted by atomic mass is 9.92. The maximum absolute atomic E-state index is 14.5. The lowest BCUT2D eigenvalue weighted by molar-refractivity contribution is 0.260. The van der Waals surface area contributed by atoms with Gasteiger partial charge in [-0.1, -0.05) is 107 Å². The Labute approximate surface area is 824 Å². The highest BCUT2D eigenvalue weighted by atomic mass is 19.1. The molecular weight excluding hydrogens is 1860 g/mol. The molecule has 0 bridgehead atoms. The number of aromatic amines is 8. The molecule has 145 heavy (non-hydrogen) atoms. The van der Waals surface area contributed by atoms with Gasteiger partial charge in [-0.3, -0.25) is 41.2 Å². The summed E-state index contributed by atoms with van der Waals surface area (Å²) in [6, 6.07) is 55.8. The molecule has 0 atom stereocenters. The number of ether oxygens (including phenoxy) is 4. The van der Waals surface area contributed by atoms with Crippen LogP contribution in [0.2, 0.25) is 0 Å². The normalized spacial score (nSPS) is 11.6. The molecule has 16 N–H and O–H groups in total. The fourth-order valence-electron chi connectivity index (χ4n) is 14.3. The number of hydrogen-bond donors (Lipinski definition) is 16. The van der Waals surface area contributed by atoms with Crippen molar-refractivity contribution in [2.24, 2.45) is 0 Å². The smallest absolute Gasteiger partial charge is 0.325 e. The maximum Gasteiger partial charge on any atom is 0.325 e. The second-order valence-electron chi connectivity index (χ2n) is 38.4. The van der Waals surface area contributed by atoms with Gasteiger partial charge in [0.05, 0.1) is 34.0 Å². The summed E-state index contributed by atoms with van der Waals surface area (Å²) in [7, 11) is 0. The SMILES string of the molecule is CC(C)(C)c1cc(NC(=O)Nc2ccc(Oc3ccnc4[nH]c(=O)[nH]c34)cc2)n(-c2ccc(F)cc2F)n1.CC(C)(C)c1cc(NC(=O)Nc2ccc(Oc3ccnc4[nH]c(=O)[nH]c34)cc2)n(-c2ccccn2)n1.CC(C)(C)c1cc(NC(=O)Nc2ccc(Oc3ccnc4[nH]c(=O)[nH]c34)cc2)n(C(C)(C)C)n1.Cc1ccc(-n2nc(C(C)(C)C)cc2NC(=O)Nc2ccc(Oc3ccnc4[nH]c(=O)[nH]c34)cc2)cc1. The van der Waals surface area contributed by atoms with Crippen molar-refractivity contribution >= 4 is 115 Å². The standard InChI is InChI=1S/C27H27N7O3.C26H23F2N7O3.C25H24N8O3.C24H29N7O3/c1-16-5-9-18(10-6-16)34-22(15-21(33-34)27(2,3)4)30-25(35)29-17-7-11-19(12-8-17)37-20-13-14-28-24-23(20)31-26(36)32-24;1-26(2,3)20-13-21(35(34-20)18-9-4-14(27)12-17(18)28)31-24(36)30-15-5-7-16(8-6-15)38-19-10-11-29-23-22(19)32-25(37)33-23;1-25(2,3)18-14-20(33(32-18)19-6-4-5-12-26-19)29-23(34)28-15-7-9-16(10-8-15)36-17-11-13-27-22-21(17)30-24(35)31-22;1-23(2,3)17-13-18(31(30-17)24(4,5)6)27-21(32)26-14-7-9-15(10-8-14)34-16-11-12-25-20-19(16)28-22(33)29-20/h5-15H,1-4H3,(H2,29,30,35)(H2,28,31,32,36);4-13H,1-3H3,(H2,30,31,36)(H2,29,32,33,37);4-14H,1-3H3,(H2,28,29,34)(H2,27,30,31,35);7-13H,1-6H3,(H2,26,27,32)(H2,25,28,29,33). The summed E-state index contributed by atoms with van der Waals surface area (Å²) in [5, 5.41) is 41.1. The van der Waals surface area contributed by atoms with Gasteiger partial charge in [-0.05, 0) is 161 Å². The van der Waals surface area contributed by atoms with Crippen LogP contribution in [-0.2, 0) is 27.2 Å². The van der Waals surface area contributed by atoms with E-state index in [2.05, 4.69) is 180 Å². The number of nitrogens with one attached hydrogen (secondary N) is 16. The highest BCUT2D eigenvalue weighted by Gasteiger charge is 2.30. The first-order valence-corrected chi connectivity index (χ1v) is 45.5. The lowest BCUT2D eigenvalue weighted by Gasteiger charge is -2.23. The van der Waals surface area contributed by atoms with E-state index < -0.39 is 40.8 Å². The largest absolute Gasteiger partial charge is 0.455 e. The monoisotopic (exact) mass is 1960 g/mol. The molecule has 0 saturated heterocycles. The molecule has 8 amide bonds. The molecule has 43 heteroatoms. The van der Waals surface area contributed by atoms with Gasteiger partial charge in [0.15, 0.2) is 57.2 Å². The molecule has 19 aromatic rings. The molecule has 0 aliphatic carbocycles. The summed E-state index contributed by atoms with van der Waals surface area (Å²) in [5.74, 6) is 4.80. The van der Waals surface area contributed by atoms with E-state index in [9.17, 15) is 47.1 Å². The molecule has 13 aromatic heterocycles. The predicted octanol–water partition coefficient (Wildman–Crippen LogP) is 20.4. The Balaban J connectivity index is 0.000000139. The van der Waals surface area contributed by atoms with Crippen molar-refractivity contribution in [2.75, 3.05) is 42.5 Å². The molecule has 0 spiro atoms. The molecule has 0 fully saturated rings. The lowest BCUT2D eigenvalue weighted by Crippen LogP contribution is -2.28. The number of nitrogens with zero attached hydrogens (tertiary/aromatic N) is 13. The molecule has 0 saturated carbocycles. The molecule has 0 radical (unpaired) electrons. The molecule has 6 aromatic carbocycles. The minimum atomic E-state index is -0.817. The average Bonchev–Trinajstić information content (AvgIpc) is 1.69.